The zero-order valence-corrected chi connectivity index (χ0v) is 13.4. The summed E-state index contributed by atoms with van der Waals surface area (Å²) in [6, 6.07) is 4.29. The zero-order chi connectivity index (χ0) is 17.7. The lowest BCUT2D eigenvalue weighted by Gasteiger charge is -2.11. The Morgan fingerprint density at radius 3 is 2.58 bits per heavy atom. The van der Waals surface area contributed by atoms with Crippen molar-refractivity contribution in [3.8, 4) is 5.69 Å². The number of hydrogen-bond acceptors (Lipinski definition) is 6. The predicted molar refractivity (Wildman–Crippen MR) is 84.0 cm³/mol. The molecule has 2 aromatic rings. The average molecular weight is 333 g/mol. The van der Waals surface area contributed by atoms with Gasteiger partial charge in [0.05, 0.1) is 26.0 Å². The van der Waals surface area contributed by atoms with Gasteiger partial charge in [-0.2, -0.15) is 0 Å². The van der Waals surface area contributed by atoms with Crippen molar-refractivity contribution in [2.24, 2.45) is 0 Å². The van der Waals surface area contributed by atoms with Gasteiger partial charge in [-0.1, -0.05) is 0 Å². The van der Waals surface area contributed by atoms with Crippen LogP contribution in [0, 0.1) is 12.7 Å². The number of imidazole rings is 1. The summed E-state index contributed by atoms with van der Waals surface area (Å²) < 4.78 is 25.0. The van der Waals surface area contributed by atoms with Crippen LogP contribution in [0.2, 0.25) is 0 Å². The van der Waals surface area contributed by atoms with Crippen molar-refractivity contribution in [3.63, 3.8) is 0 Å². The maximum Gasteiger partial charge on any atom is 0.354 e. The third-order valence-corrected chi connectivity index (χ3v) is 3.18. The molecule has 7 nitrogen and oxygen atoms in total. The molecule has 0 spiro atoms. The van der Waals surface area contributed by atoms with E-state index in [0.717, 1.165) is 6.08 Å². The summed E-state index contributed by atoms with van der Waals surface area (Å²) in [5.74, 6) is -1.41. The second-order valence-electron chi connectivity index (χ2n) is 4.71. The third kappa shape index (κ3) is 3.78. The highest BCUT2D eigenvalue weighted by atomic mass is 19.1. The van der Waals surface area contributed by atoms with E-state index in [1.807, 2.05) is 0 Å². The normalized spacial score (nSPS) is 11.1. The van der Waals surface area contributed by atoms with Crippen LogP contribution >= 0.6 is 0 Å². The molecule has 24 heavy (non-hydrogen) atoms. The molecule has 0 fully saturated rings. The number of carbonyl (C=O) groups is 2. The van der Waals surface area contributed by atoms with Crippen LogP contribution in [0.5, 0.6) is 0 Å². The Labute approximate surface area is 137 Å². The first-order chi connectivity index (χ1) is 11.5. The molecular formula is C16H16FN3O4. The highest BCUT2D eigenvalue weighted by Gasteiger charge is 2.14. The first-order valence-corrected chi connectivity index (χ1v) is 6.91. The minimum Gasteiger partial charge on any atom is -0.466 e. The number of esters is 2. The standard InChI is InChI=1S/C16H16FN3O4/c1-10-18-6-7-20(10)14-5-4-11(8-12(14)17)19-13(16(22)24-3)9-15(21)23-2/h4-9,19H,1-3H3/b13-9+. The molecule has 0 radical (unpaired) electrons. The molecule has 0 amide bonds. The predicted octanol–water partition coefficient (Wildman–Crippen LogP) is 1.96. The highest BCUT2D eigenvalue weighted by molar-refractivity contribution is 5.98. The van der Waals surface area contributed by atoms with E-state index in [1.54, 1.807) is 30.0 Å². The summed E-state index contributed by atoms with van der Waals surface area (Å²) in [6.07, 6.45) is 4.13. The Morgan fingerprint density at radius 2 is 2.04 bits per heavy atom. The lowest BCUT2D eigenvalue weighted by molar-refractivity contribution is -0.138. The van der Waals surface area contributed by atoms with Crippen LogP contribution in [-0.2, 0) is 19.1 Å². The van der Waals surface area contributed by atoms with E-state index >= 15 is 0 Å². The number of methoxy groups -OCH3 is 2. The van der Waals surface area contributed by atoms with Crippen molar-refractivity contribution in [2.75, 3.05) is 19.5 Å². The van der Waals surface area contributed by atoms with Gasteiger partial charge < -0.3 is 19.4 Å². The molecule has 0 unspecified atom stereocenters. The van der Waals surface area contributed by atoms with Gasteiger partial charge in [0.1, 0.15) is 17.3 Å². The van der Waals surface area contributed by atoms with Crippen molar-refractivity contribution in [1.82, 2.24) is 9.55 Å². The minimum atomic E-state index is -0.782. The number of hydrogen-bond donors (Lipinski definition) is 1. The second kappa shape index (κ2) is 7.40. The minimum absolute atomic E-state index is 0.171. The largest absolute Gasteiger partial charge is 0.466 e. The van der Waals surface area contributed by atoms with Gasteiger partial charge in [-0.05, 0) is 25.1 Å². The summed E-state index contributed by atoms with van der Waals surface area (Å²) in [6.45, 7) is 1.75. The molecule has 1 heterocycles. The molecule has 0 aliphatic carbocycles. The molecule has 0 atom stereocenters. The van der Waals surface area contributed by atoms with Gasteiger partial charge in [0.15, 0.2) is 0 Å². The number of aryl methyl sites for hydroxylation is 1. The smallest absolute Gasteiger partial charge is 0.354 e. The molecule has 1 aromatic heterocycles. The first kappa shape index (κ1) is 17.2. The van der Waals surface area contributed by atoms with Crippen molar-refractivity contribution in [2.45, 2.75) is 6.92 Å². The Kier molecular flexibility index (Phi) is 5.31. The van der Waals surface area contributed by atoms with Crippen LogP contribution in [0.25, 0.3) is 5.69 Å². The van der Waals surface area contributed by atoms with Gasteiger partial charge in [-0.25, -0.2) is 19.0 Å². The molecule has 0 aliphatic rings. The van der Waals surface area contributed by atoms with E-state index in [9.17, 15) is 14.0 Å². The number of rotatable bonds is 5. The van der Waals surface area contributed by atoms with Gasteiger partial charge in [0.2, 0.25) is 0 Å². The molecule has 1 aromatic carbocycles. The van der Waals surface area contributed by atoms with Crippen LogP contribution in [0.3, 0.4) is 0 Å². The second-order valence-corrected chi connectivity index (χ2v) is 4.71. The van der Waals surface area contributed by atoms with Gasteiger partial charge in [0.25, 0.3) is 0 Å². The van der Waals surface area contributed by atoms with E-state index in [2.05, 4.69) is 19.8 Å². The first-order valence-electron chi connectivity index (χ1n) is 6.91. The number of nitrogens with zero attached hydrogens (tertiary/aromatic N) is 2. The van der Waals surface area contributed by atoms with Crippen LogP contribution < -0.4 is 5.32 Å². The monoisotopic (exact) mass is 333 g/mol. The van der Waals surface area contributed by atoms with Crippen LogP contribution in [0.4, 0.5) is 10.1 Å². The molecule has 0 aliphatic heterocycles. The lowest BCUT2D eigenvalue weighted by atomic mass is 10.2. The van der Waals surface area contributed by atoms with Gasteiger partial charge in [0, 0.05) is 18.1 Å². The van der Waals surface area contributed by atoms with Gasteiger partial charge in [-0.15, -0.1) is 0 Å². The summed E-state index contributed by atoms with van der Waals surface area (Å²) in [5, 5.41) is 2.64. The maximum absolute atomic E-state index is 14.3. The molecular weight excluding hydrogens is 317 g/mol. The lowest BCUT2D eigenvalue weighted by Crippen LogP contribution is -2.15. The number of carbonyl (C=O) groups excluding carboxylic acids is 2. The fourth-order valence-corrected chi connectivity index (χ4v) is 2.00. The van der Waals surface area contributed by atoms with Gasteiger partial charge >= 0.3 is 11.9 Å². The number of nitrogens with one attached hydrogen (secondary N) is 1. The van der Waals surface area contributed by atoms with Crippen molar-refractivity contribution < 1.29 is 23.5 Å². The SMILES string of the molecule is COC(=O)/C=C(/Nc1ccc(-n2ccnc2C)c(F)c1)C(=O)OC. The summed E-state index contributed by atoms with van der Waals surface area (Å²) in [7, 11) is 2.34. The summed E-state index contributed by atoms with van der Waals surface area (Å²) in [5.41, 5.74) is 0.414. The van der Waals surface area contributed by atoms with Gasteiger partial charge in [-0.3, -0.25) is 0 Å². The van der Waals surface area contributed by atoms with Crippen molar-refractivity contribution >= 4 is 17.6 Å². The van der Waals surface area contributed by atoms with E-state index in [1.165, 1.54) is 26.4 Å². The molecule has 0 saturated heterocycles. The molecule has 1 N–H and O–H groups in total. The highest BCUT2D eigenvalue weighted by Crippen LogP contribution is 2.20. The third-order valence-electron chi connectivity index (χ3n) is 3.18. The zero-order valence-electron chi connectivity index (χ0n) is 13.4. The molecule has 2 rings (SSSR count). The quantitative estimate of drug-likeness (QED) is 0.665. The number of ether oxygens (including phenoxy) is 2. The topological polar surface area (TPSA) is 82.5 Å². The summed E-state index contributed by atoms with van der Waals surface area (Å²) in [4.78, 5) is 27.0. The molecule has 0 saturated carbocycles. The van der Waals surface area contributed by atoms with Crippen molar-refractivity contribution in [1.29, 1.82) is 0 Å². The van der Waals surface area contributed by atoms with Crippen LogP contribution in [0.15, 0.2) is 42.4 Å². The Morgan fingerprint density at radius 1 is 1.29 bits per heavy atom. The number of aromatic nitrogens is 2. The Balaban J connectivity index is 2.31. The Bertz CT molecular complexity index is 798. The average Bonchev–Trinajstić information content (AvgIpc) is 2.99. The summed E-state index contributed by atoms with van der Waals surface area (Å²) >= 11 is 0. The van der Waals surface area contributed by atoms with E-state index in [4.69, 9.17) is 0 Å². The maximum atomic E-state index is 14.3. The number of halogens is 1. The number of benzene rings is 1. The number of anilines is 1. The fourth-order valence-electron chi connectivity index (χ4n) is 2.00. The Hall–Kier alpha value is -3.16. The van der Waals surface area contributed by atoms with E-state index < -0.39 is 17.8 Å². The molecule has 0 bridgehead atoms. The fraction of sp³-hybridized carbons (Fsp3) is 0.188. The molecule has 126 valence electrons. The van der Waals surface area contributed by atoms with Crippen LogP contribution in [0.1, 0.15) is 5.82 Å². The van der Waals surface area contributed by atoms with Crippen molar-refractivity contribution in [3.05, 3.63) is 54.0 Å². The molecule has 8 heteroatoms. The van der Waals surface area contributed by atoms with Crippen LogP contribution in [-0.4, -0.2) is 35.7 Å². The van der Waals surface area contributed by atoms with E-state index in [0.29, 0.717) is 11.5 Å². The van der Waals surface area contributed by atoms with E-state index in [-0.39, 0.29) is 11.4 Å².